The van der Waals surface area contributed by atoms with Crippen LogP contribution in [0.5, 0.6) is 0 Å². The second-order valence-corrected chi connectivity index (χ2v) is 9.51. The van der Waals surface area contributed by atoms with E-state index >= 15 is 0 Å². The standard InChI is InChI=1S/C15H22N2O3S2/c1-11(17-5-2-14-12(9-17)3-6-21-14)8-16-15(18)13-4-7-22(19,20)10-13/h3,6,11,13H,2,4-5,7-10H2,1H3,(H,16,18)/t11-,13-/m0/s1. The first kappa shape index (κ1) is 16.0. The number of nitrogens with zero attached hydrogens (tertiary/aromatic N) is 1. The number of fused-ring (bicyclic) bond motifs is 1. The molecule has 0 unspecified atom stereocenters. The van der Waals surface area contributed by atoms with E-state index in [4.69, 9.17) is 0 Å². The lowest BCUT2D eigenvalue weighted by Gasteiger charge is -2.32. The molecule has 5 nitrogen and oxygen atoms in total. The topological polar surface area (TPSA) is 66.5 Å². The normalized spacial score (nSPS) is 25.6. The second kappa shape index (κ2) is 6.29. The van der Waals surface area contributed by atoms with Crippen molar-refractivity contribution in [3.63, 3.8) is 0 Å². The molecule has 1 fully saturated rings. The molecule has 22 heavy (non-hydrogen) atoms. The van der Waals surface area contributed by atoms with Crippen LogP contribution in [0.4, 0.5) is 0 Å². The number of carbonyl (C=O) groups is 1. The van der Waals surface area contributed by atoms with Crippen LogP contribution in [0.15, 0.2) is 11.4 Å². The molecular formula is C15H22N2O3S2. The molecule has 2 atom stereocenters. The van der Waals surface area contributed by atoms with Crippen LogP contribution in [0, 0.1) is 5.92 Å². The lowest BCUT2D eigenvalue weighted by Crippen LogP contribution is -2.45. The van der Waals surface area contributed by atoms with Gasteiger partial charge < -0.3 is 5.32 Å². The van der Waals surface area contributed by atoms with Gasteiger partial charge in [-0.25, -0.2) is 8.42 Å². The Balaban J connectivity index is 1.49. The van der Waals surface area contributed by atoms with Gasteiger partial charge in [0.1, 0.15) is 0 Å². The Morgan fingerprint density at radius 3 is 3.09 bits per heavy atom. The molecule has 122 valence electrons. The summed E-state index contributed by atoms with van der Waals surface area (Å²) in [7, 11) is -3.00. The van der Waals surface area contributed by atoms with Crippen molar-refractivity contribution in [3.8, 4) is 0 Å². The molecule has 1 amide bonds. The summed E-state index contributed by atoms with van der Waals surface area (Å²) in [6.07, 6.45) is 1.54. The average molecular weight is 342 g/mol. The smallest absolute Gasteiger partial charge is 0.224 e. The highest BCUT2D eigenvalue weighted by molar-refractivity contribution is 7.91. The van der Waals surface area contributed by atoms with Gasteiger partial charge >= 0.3 is 0 Å². The van der Waals surface area contributed by atoms with Gasteiger partial charge in [0.25, 0.3) is 0 Å². The van der Waals surface area contributed by atoms with Crippen molar-refractivity contribution in [2.75, 3.05) is 24.6 Å². The Morgan fingerprint density at radius 2 is 2.36 bits per heavy atom. The predicted octanol–water partition coefficient (Wildman–Crippen LogP) is 1.05. The van der Waals surface area contributed by atoms with E-state index in [9.17, 15) is 13.2 Å². The summed E-state index contributed by atoms with van der Waals surface area (Å²) >= 11 is 1.82. The van der Waals surface area contributed by atoms with Crippen LogP contribution in [0.1, 0.15) is 23.8 Å². The monoisotopic (exact) mass is 342 g/mol. The number of rotatable bonds is 4. The minimum atomic E-state index is -3.00. The molecular weight excluding hydrogens is 320 g/mol. The Labute approximate surface area is 135 Å². The first-order valence-electron chi connectivity index (χ1n) is 7.72. The molecule has 1 saturated heterocycles. The minimum Gasteiger partial charge on any atom is -0.354 e. The van der Waals surface area contributed by atoms with Gasteiger partial charge in [-0.15, -0.1) is 11.3 Å². The van der Waals surface area contributed by atoms with Crippen LogP contribution >= 0.6 is 11.3 Å². The number of carbonyl (C=O) groups excluding carboxylic acids is 1. The molecule has 1 aromatic heterocycles. The third kappa shape index (κ3) is 3.52. The maximum absolute atomic E-state index is 12.1. The Kier molecular flexibility index (Phi) is 4.56. The van der Waals surface area contributed by atoms with Gasteiger partial charge in [0, 0.05) is 30.6 Å². The summed E-state index contributed by atoms with van der Waals surface area (Å²) in [5, 5.41) is 5.07. The summed E-state index contributed by atoms with van der Waals surface area (Å²) in [5.74, 6) is -0.314. The van der Waals surface area contributed by atoms with Crippen LogP contribution in [-0.4, -0.2) is 49.9 Å². The fourth-order valence-corrected chi connectivity index (χ4v) is 5.80. The first-order chi connectivity index (χ1) is 10.4. The highest BCUT2D eigenvalue weighted by Gasteiger charge is 2.33. The number of hydrogen-bond acceptors (Lipinski definition) is 5. The molecule has 2 aliphatic heterocycles. The molecule has 3 heterocycles. The lowest BCUT2D eigenvalue weighted by molar-refractivity contribution is -0.124. The molecule has 3 rings (SSSR count). The van der Waals surface area contributed by atoms with Crippen molar-refractivity contribution >= 4 is 27.1 Å². The summed E-state index contributed by atoms with van der Waals surface area (Å²) in [5.41, 5.74) is 1.40. The van der Waals surface area contributed by atoms with E-state index in [-0.39, 0.29) is 29.4 Å². The van der Waals surface area contributed by atoms with E-state index in [0.29, 0.717) is 13.0 Å². The van der Waals surface area contributed by atoms with Crippen LogP contribution in [-0.2, 0) is 27.6 Å². The average Bonchev–Trinajstić information content (AvgIpc) is 3.09. The molecule has 1 N–H and O–H groups in total. The van der Waals surface area contributed by atoms with Crippen LogP contribution < -0.4 is 5.32 Å². The number of nitrogens with one attached hydrogen (secondary N) is 1. The molecule has 2 aliphatic rings. The van der Waals surface area contributed by atoms with Crippen molar-refractivity contribution in [2.45, 2.75) is 32.4 Å². The van der Waals surface area contributed by atoms with Gasteiger partial charge in [0.15, 0.2) is 9.84 Å². The maximum atomic E-state index is 12.1. The third-order valence-electron chi connectivity index (χ3n) is 4.64. The van der Waals surface area contributed by atoms with Gasteiger partial charge in [-0.1, -0.05) is 0 Å². The molecule has 0 aliphatic carbocycles. The largest absolute Gasteiger partial charge is 0.354 e. The number of sulfone groups is 1. The predicted molar refractivity (Wildman–Crippen MR) is 87.7 cm³/mol. The zero-order valence-electron chi connectivity index (χ0n) is 12.7. The van der Waals surface area contributed by atoms with Crippen molar-refractivity contribution in [2.24, 2.45) is 5.92 Å². The van der Waals surface area contributed by atoms with Gasteiger partial charge in [0.05, 0.1) is 17.4 Å². The summed E-state index contributed by atoms with van der Waals surface area (Å²) in [6, 6.07) is 2.44. The van der Waals surface area contributed by atoms with Crippen molar-refractivity contribution in [1.29, 1.82) is 0 Å². The summed E-state index contributed by atoms with van der Waals surface area (Å²) in [6.45, 7) is 4.65. The zero-order chi connectivity index (χ0) is 15.7. The molecule has 1 aromatic rings. The van der Waals surface area contributed by atoms with Crippen LogP contribution in [0.3, 0.4) is 0 Å². The van der Waals surface area contributed by atoms with Crippen molar-refractivity contribution < 1.29 is 13.2 Å². The van der Waals surface area contributed by atoms with Crippen LogP contribution in [0.2, 0.25) is 0 Å². The number of hydrogen-bond donors (Lipinski definition) is 1. The second-order valence-electron chi connectivity index (χ2n) is 6.28. The van der Waals surface area contributed by atoms with Gasteiger partial charge in [-0.2, -0.15) is 0 Å². The lowest BCUT2D eigenvalue weighted by atomic mass is 10.1. The highest BCUT2D eigenvalue weighted by atomic mass is 32.2. The SMILES string of the molecule is C[C@@H](CNC(=O)[C@H]1CCS(=O)(=O)C1)N1CCc2sccc2C1. The molecule has 0 aromatic carbocycles. The maximum Gasteiger partial charge on any atom is 0.224 e. The van der Waals surface area contributed by atoms with E-state index in [1.165, 1.54) is 10.4 Å². The first-order valence-corrected chi connectivity index (χ1v) is 10.4. The molecule has 0 bridgehead atoms. The summed E-state index contributed by atoms with van der Waals surface area (Å²) < 4.78 is 22.9. The van der Waals surface area contributed by atoms with E-state index in [1.54, 1.807) is 0 Å². The van der Waals surface area contributed by atoms with Gasteiger partial charge in [0.2, 0.25) is 5.91 Å². The molecule has 0 spiro atoms. The fraction of sp³-hybridized carbons (Fsp3) is 0.667. The zero-order valence-corrected chi connectivity index (χ0v) is 14.4. The molecule has 0 radical (unpaired) electrons. The van der Waals surface area contributed by atoms with E-state index in [2.05, 4.69) is 28.6 Å². The van der Waals surface area contributed by atoms with E-state index in [1.807, 2.05) is 11.3 Å². The third-order valence-corrected chi connectivity index (χ3v) is 7.43. The van der Waals surface area contributed by atoms with Crippen LogP contribution in [0.25, 0.3) is 0 Å². The number of thiophene rings is 1. The van der Waals surface area contributed by atoms with Crippen molar-refractivity contribution in [1.82, 2.24) is 10.2 Å². The Bertz CT molecular complexity index is 653. The fourth-order valence-electron chi connectivity index (χ4n) is 3.17. The van der Waals surface area contributed by atoms with Gasteiger partial charge in [-0.3, -0.25) is 9.69 Å². The quantitative estimate of drug-likeness (QED) is 0.888. The highest BCUT2D eigenvalue weighted by Crippen LogP contribution is 2.25. The molecule has 0 saturated carbocycles. The van der Waals surface area contributed by atoms with Gasteiger partial charge in [-0.05, 0) is 36.8 Å². The van der Waals surface area contributed by atoms with Crippen molar-refractivity contribution in [3.05, 3.63) is 21.9 Å². The Hall–Kier alpha value is -0.920. The summed E-state index contributed by atoms with van der Waals surface area (Å²) in [4.78, 5) is 15.9. The molecule has 7 heteroatoms. The number of amides is 1. The minimum absolute atomic E-state index is 0.00912. The Morgan fingerprint density at radius 1 is 1.55 bits per heavy atom. The van der Waals surface area contributed by atoms with E-state index < -0.39 is 9.84 Å². The van der Waals surface area contributed by atoms with E-state index in [0.717, 1.165) is 19.5 Å².